The van der Waals surface area contributed by atoms with Crippen molar-refractivity contribution < 1.29 is 4.79 Å². The van der Waals surface area contributed by atoms with Crippen LogP contribution in [-0.4, -0.2) is 10.9 Å². The lowest BCUT2D eigenvalue weighted by Gasteiger charge is -2.15. The van der Waals surface area contributed by atoms with Crippen molar-refractivity contribution in [1.29, 1.82) is 0 Å². The van der Waals surface area contributed by atoms with Crippen molar-refractivity contribution in [2.45, 2.75) is 47.0 Å². The molecule has 0 atom stereocenters. The molecule has 12 heavy (non-hydrogen) atoms. The van der Waals surface area contributed by atoms with Gasteiger partial charge in [-0.15, -0.1) is 0 Å². The Morgan fingerprint density at radius 1 is 1.25 bits per heavy atom. The normalized spacial score (nSPS) is 11.7. The van der Waals surface area contributed by atoms with Gasteiger partial charge in [-0.25, -0.2) is 0 Å². The lowest BCUT2D eigenvalue weighted by Crippen LogP contribution is -2.16. The molecule has 0 bridgehead atoms. The highest BCUT2D eigenvalue weighted by Gasteiger charge is 2.20. The van der Waals surface area contributed by atoms with Crippen LogP contribution in [0.15, 0.2) is 0 Å². The Hall–Kier alpha value is 0.0200. The van der Waals surface area contributed by atoms with Crippen molar-refractivity contribution in [2.75, 3.05) is 5.75 Å². The summed E-state index contributed by atoms with van der Waals surface area (Å²) in [5.74, 6) is 0.990. The van der Waals surface area contributed by atoms with Crippen molar-refractivity contribution in [1.82, 2.24) is 0 Å². The number of carbonyl (C=O) groups excluding carboxylic acids is 1. The molecule has 0 aromatic heterocycles. The molecule has 0 aliphatic rings. The predicted molar refractivity (Wildman–Crippen MR) is 56.4 cm³/mol. The van der Waals surface area contributed by atoms with E-state index in [1.165, 1.54) is 31.0 Å². The van der Waals surface area contributed by atoms with Crippen LogP contribution >= 0.6 is 11.8 Å². The summed E-state index contributed by atoms with van der Waals surface area (Å²) in [4.78, 5) is 11.4. The minimum absolute atomic E-state index is 0.170. The lowest BCUT2D eigenvalue weighted by atomic mass is 10.00. The zero-order valence-electron chi connectivity index (χ0n) is 8.64. The van der Waals surface area contributed by atoms with Gasteiger partial charge in [-0.3, -0.25) is 4.79 Å². The van der Waals surface area contributed by atoms with Gasteiger partial charge in [0.2, 0.25) is 0 Å². The van der Waals surface area contributed by atoms with Crippen LogP contribution in [0.3, 0.4) is 0 Å². The molecule has 0 fully saturated rings. The van der Waals surface area contributed by atoms with Gasteiger partial charge in [0.15, 0.2) is 5.12 Å². The molecule has 0 heterocycles. The van der Waals surface area contributed by atoms with Crippen LogP contribution in [-0.2, 0) is 4.79 Å². The van der Waals surface area contributed by atoms with Crippen LogP contribution in [0.2, 0.25) is 0 Å². The van der Waals surface area contributed by atoms with E-state index in [4.69, 9.17) is 0 Å². The molecule has 0 saturated heterocycles. The standard InChI is InChI=1S/C10H20OS/c1-5-6-7-8-12-9(11)10(2,3)4/h5-8H2,1-4H3. The number of thioether (sulfide) groups is 1. The average Bonchev–Trinajstić information content (AvgIpc) is 1.96. The van der Waals surface area contributed by atoms with Crippen LogP contribution in [0.1, 0.15) is 47.0 Å². The lowest BCUT2D eigenvalue weighted by molar-refractivity contribution is -0.117. The fraction of sp³-hybridized carbons (Fsp3) is 0.900. The number of carbonyl (C=O) groups is 1. The summed E-state index contributed by atoms with van der Waals surface area (Å²) in [5.41, 5.74) is -0.170. The first-order chi connectivity index (χ1) is 5.48. The molecule has 0 aromatic rings. The molecular formula is C10H20OS. The van der Waals surface area contributed by atoms with E-state index in [0.29, 0.717) is 5.12 Å². The fourth-order valence-corrected chi connectivity index (χ4v) is 1.70. The van der Waals surface area contributed by atoms with Crippen molar-refractivity contribution in [2.24, 2.45) is 5.41 Å². The van der Waals surface area contributed by atoms with Gasteiger partial charge in [0.25, 0.3) is 0 Å². The van der Waals surface area contributed by atoms with Gasteiger partial charge in [-0.1, -0.05) is 52.3 Å². The molecule has 0 radical (unpaired) electrons. The molecule has 0 saturated carbocycles. The van der Waals surface area contributed by atoms with Crippen LogP contribution < -0.4 is 0 Å². The van der Waals surface area contributed by atoms with Crippen molar-refractivity contribution >= 4 is 16.9 Å². The van der Waals surface area contributed by atoms with E-state index in [0.717, 1.165) is 5.75 Å². The Morgan fingerprint density at radius 3 is 2.25 bits per heavy atom. The van der Waals surface area contributed by atoms with Gasteiger partial charge in [0, 0.05) is 11.2 Å². The first-order valence-corrected chi connectivity index (χ1v) is 5.64. The van der Waals surface area contributed by atoms with Crippen molar-refractivity contribution in [3.8, 4) is 0 Å². The van der Waals surface area contributed by atoms with E-state index in [9.17, 15) is 4.79 Å². The van der Waals surface area contributed by atoms with Crippen LogP contribution in [0.5, 0.6) is 0 Å². The third-order valence-corrected chi connectivity index (χ3v) is 2.96. The Labute approximate surface area is 80.3 Å². The molecule has 0 unspecified atom stereocenters. The van der Waals surface area contributed by atoms with Gasteiger partial charge in [0.05, 0.1) is 0 Å². The highest BCUT2D eigenvalue weighted by molar-refractivity contribution is 8.13. The number of unbranched alkanes of at least 4 members (excludes halogenated alkanes) is 2. The van der Waals surface area contributed by atoms with E-state index in [1.807, 2.05) is 20.8 Å². The summed E-state index contributed by atoms with van der Waals surface area (Å²) >= 11 is 1.48. The molecule has 0 spiro atoms. The average molecular weight is 188 g/mol. The van der Waals surface area contributed by atoms with Crippen LogP contribution in [0.4, 0.5) is 0 Å². The number of hydrogen-bond acceptors (Lipinski definition) is 2. The highest BCUT2D eigenvalue weighted by atomic mass is 32.2. The Kier molecular flexibility index (Phi) is 5.64. The smallest absolute Gasteiger partial charge is 0.194 e. The van der Waals surface area contributed by atoms with E-state index >= 15 is 0 Å². The quantitative estimate of drug-likeness (QED) is 0.628. The molecule has 0 amide bonds. The molecular weight excluding hydrogens is 168 g/mol. The maximum Gasteiger partial charge on any atom is 0.194 e. The van der Waals surface area contributed by atoms with Crippen LogP contribution in [0.25, 0.3) is 0 Å². The second-order valence-corrected chi connectivity index (χ2v) is 5.16. The van der Waals surface area contributed by atoms with E-state index < -0.39 is 0 Å². The molecule has 0 aliphatic heterocycles. The van der Waals surface area contributed by atoms with Gasteiger partial charge < -0.3 is 0 Å². The summed E-state index contributed by atoms with van der Waals surface area (Å²) in [7, 11) is 0. The first kappa shape index (κ1) is 12.0. The molecule has 1 nitrogen and oxygen atoms in total. The third kappa shape index (κ3) is 5.64. The van der Waals surface area contributed by atoms with E-state index in [1.54, 1.807) is 0 Å². The maximum absolute atomic E-state index is 11.4. The summed E-state index contributed by atoms with van der Waals surface area (Å²) in [6.45, 7) is 8.10. The minimum atomic E-state index is -0.170. The van der Waals surface area contributed by atoms with Gasteiger partial charge >= 0.3 is 0 Å². The fourth-order valence-electron chi connectivity index (χ4n) is 0.733. The predicted octanol–water partition coefficient (Wildman–Crippen LogP) is 3.48. The molecule has 2 heteroatoms. The third-order valence-electron chi connectivity index (χ3n) is 1.59. The maximum atomic E-state index is 11.4. The van der Waals surface area contributed by atoms with E-state index in [2.05, 4.69) is 6.92 Å². The Morgan fingerprint density at radius 2 is 1.83 bits per heavy atom. The van der Waals surface area contributed by atoms with Crippen molar-refractivity contribution in [3.63, 3.8) is 0 Å². The summed E-state index contributed by atoms with van der Waals surface area (Å²) < 4.78 is 0. The topological polar surface area (TPSA) is 17.1 Å². The van der Waals surface area contributed by atoms with Gasteiger partial charge in [-0.2, -0.15) is 0 Å². The zero-order valence-corrected chi connectivity index (χ0v) is 9.46. The number of hydrogen-bond donors (Lipinski definition) is 0. The Balaban J connectivity index is 3.45. The Bertz CT molecular complexity index is 135. The van der Waals surface area contributed by atoms with Crippen molar-refractivity contribution in [3.05, 3.63) is 0 Å². The minimum Gasteiger partial charge on any atom is -0.287 e. The second-order valence-electron chi connectivity index (χ2n) is 4.09. The second kappa shape index (κ2) is 5.63. The SMILES string of the molecule is CCCCCSC(=O)C(C)(C)C. The van der Waals surface area contributed by atoms with Gasteiger partial charge in [-0.05, 0) is 6.42 Å². The highest BCUT2D eigenvalue weighted by Crippen LogP contribution is 2.23. The number of rotatable bonds is 4. The first-order valence-electron chi connectivity index (χ1n) is 4.65. The zero-order chi connectivity index (χ0) is 9.61. The molecule has 0 aliphatic carbocycles. The molecule has 0 rings (SSSR count). The summed E-state index contributed by atoms with van der Waals surface area (Å²) in [6.07, 6.45) is 3.64. The molecule has 72 valence electrons. The van der Waals surface area contributed by atoms with Gasteiger partial charge in [0.1, 0.15) is 0 Å². The molecule has 0 aromatic carbocycles. The van der Waals surface area contributed by atoms with Crippen LogP contribution in [0, 0.1) is 5.41 Å². The summed E-state index contributed by atoms with van der Waals surface area (Å²) in [6, 6.07) is 0. The van der Waals surface area contributed by atoms with E-state index in [-0.39, 0.29) is 5.41 Å². The monoisotopic (exact) mass is 188 g/mol. The summed E-state index contributed by atoms with van der Waals surface area (Å²) in [5, 5.41) is 0.318. The largest absolute Gasteiger partial charge is 0.287 e. The molecule has 0 N–H and O–H groups in total.